The van der Waals surface area contributed by atoms with Crippen LogP contribution in [0, 0.1) is 17.8 Å². The molecule has 3 rings (SSSR count). The number of benzene rings is 1. The summed E-state index contributed by atoms with van der Waals surface area (Å²) in [6.45, 7) is 0.102. The number of hydrogen-bond donors (Lipinski definition) is 2. The average molecular weight is 357 g/mol. The van der Waals surface area contributed by atoms with Crippen molar-refractivity contribution in [1.82, 2.24) is 5.32 Å². The predicted octanol–water partition coefficient (Wildman–Crippen LogP) is 1.60. The summed E-state index contributed by atoms with van der Waals surface area (Å²) in [5.41, 5.74) is 6.14. The van der Waals surface area contributed by atoms with Crippen molar-refractivity contribution in [1.29, 1.82) is 0 Å². The zero-order valence-corrected chi connectivity index (χ0v) is 14.3. The standard InChI is InChI=1S/C16H21ClN2O3S/c17-12-3-5-13(6-4-12)23(21,22)8-7-19-16(20)14-10-1-2-11(9-10)15(14)18/h3-6,10-11,14-15H,1-2,7-9,18H2,(H,19,20). The fourth-order valence-electron chi connectivity index (χ4n) is 3.91. The van der Waals surface area contributed by atoms with E-state index >= 15 is 0 Å². The number of carbonyl (C=O) groups is 1. The van der Waals surface area contributed by atoms with Gasteiger partial charge in [-0.3, -0.25) is 4.79 Å². The number of amides is 1. The van der Waals surface area contributed by atoms with E-state index in [1.807, 2.05) is 0 Å². The molecule has 23 heavy (non-hydrogen) atoms. The van der Waals surface area contributed by atoms with Crippen LogP contribution in [0.15, 0.2) is 29.2 Å². The maximum atomic E-state index is 12.3. The second kappa shape index (κ2) is 6.42. The minimum absolute atomic E-state index is 0.0818. The zero-order chi connectivity index (χ0) is 16.6. The molecule has 0 radical (unpaired) electrons. The third-order valence-electron chi connectivity index (χ3n) is 5.13. The number of rotatable bonds is 5. The highest BCUT2D eigenvalue weighted by molar-refractivity contribution is 7.91. The summed E-state index contributed by atoms with van der Waals surface area (Å²) in [6.07, 6.45) is 3.20. The van der Waals surface area contributed by atoms with Crippen LogP contribution < -0.4 is 11.1 Å². The SMILES string of the molecule is NC1C2CCC(C2)C1C(=O)NCCS(=O)(=O)c1ccc(Cl)cc1. The van der Waals surface area contributed by atoms with E-state index < -0.39 is 9.84 Å². The summed E-state index contributed by atoms with van der Waals surface area (Å²) in [5, 5.41) is 3.24. The Morgan fingerprint density at radius 2 is 1.87 bits per heavy atom. The zero-order valence-electron chi connectivity index (χ0n) is 12.7. The molecule has 2 saturated carbocycles. The monoisotopic (exact) mass is 356 g/mol. The van der Waals surface area contributed by atoms with Crippen LogP contribution in [0.3, 0.4) is 0 Å². The van der Waals surface area contributed by atoms with Gasteiger partial charge in [-0.05, 0) is 55.4 Å². The second-order valence-electron chi connectivity index (χ2n) is 6.50. The highest BCUT2D eigenvalue weighted by Gasteiger charge is 2.48. The molecule has 126 valence electrons. The molecule has 2 aliphatic rings. The number of carbonyl (C=O) groups excluding carboxylic acids is 1. The molecule has 2 aliphatic carbocycles. The molecule has 0 saturated heterocycles. The molecule has 1 aromatic carbocycles. The van der Waals surface area contributed by atoms with Gasteiger partial charge in [-0.25, -0.2) is 8.42 Å². The summed E-state index contributed by atoms with van der Waals surface area (Å²) in [7, 11) is -3.42. The van der Waals surface area contributed by atoms with Gasteiger partial charge in [0.1, 0.15) is 0 Å². The molecular formula is C16H21ClN2O3S. The van der Waals surface area contributed by atoms with Gasteiger partial charge in [-0.2, -0.15) is 0 Å². The number of halogens is 1. The van der Waals surface area contributed by atoms with Crippen molar-refractivity contribution >= 4 is 27.3 Å². The molecule has 1 aromatic rings. The highest BCUT2D eigenvalue weighted by atomic mass is 35.5. The Balaban J connectivity index is 1.55. The van der Waals surface area contributed by atoms with Crippen molar-refractivity contribution < 1.29 is 13.2 Å². The lowest BCUT2D eigenvalue weighted by atomic mass is 9.84. The van der Waals surface area contributed by atoms with Crippen LogP contribution in [-0.4, -0.2) is 32.7 Å². The van der Waals surface area contributed by atoms with Gasteiger partial charge < -0.3 is 11.1 Å². The van der Waals surface area contributed by atoms with E-state index in [9.17, 15) is 13.2 Å². The Kier molecular flexibility index (Phi) is 4.67. The van der Waals surface area contributed by atoms with Crippen LogP contribution in [0.2, 0.25) is 5.02 Å². The lowest BCUT2D eigenvalue weighted by Gasteiger charge is -2.26. The lowest BCUT2D eigenvalue weighted by molar-refractivity contribution is -0.126. The largest absolute Gasteiger partial charge is 0.355 e. The number of nitrogens with one attached hydrogen (secondary N) is 1. The first-order chi connectivity index (χ1) is 10.9. The number of hydrogen-bond acceptors (Lipinski definition) is 4. The number of nitrogens with two attached hydrogens (primary N) is 1. The third-order valence-corrected chi connectivity index (χ3v) is 7.11. The van der Waals surface area contributed by atoms with E-state index in [2.05, 4.69) is 5.32 Å². The van der Waals surface area contributed by atoms with Crippen LogP contribution >= 0.6 is 11.6 Å². The normalized spacial score (nSPS) is 29.7. The topological polar surface area (TPSA) is 89.3 Å². The van der Waals surface area contributed by atoms with E-state index in [0.717, 1.165) is 19.3 Å². The lowest BCUT2D eigenvalue weighted by Crippen LogP contribution is -2.46. The van der Waals surface area contributed by atoms with Gasteiger partial charge in [0.2, 0.25) is 5.91 Å². The molecule has 4 atom stereocenters. The van der Waals surface area contributed by atoms with E-state index in [4.69, 9.17) is 17.3 Å². The second-order valence-corrected chi connectivity index (χ2v) is 9.05. The first-order valence-corrected chi connectivity index (χ1v) is 9.93. The molecule has 5 nitrogen and oxygen atoms in total. The van der Waals surface area contributed by atoms with E-state index in [1.54, 1.807) is 12.1 Å². The van der Waals surface area contributed by atoms with Crippen LogP contribution in [0.5, 0.6) is 0 Å². The van der Waals surface area contributed by atoms with E-state index in [1.165, 1.54) is 12.1 Å². The van der Waals surface area contributed by atoms with Crippen LogP contribution in [0.25, 0.3) is 0 Å². The quantitative estimate of drug-likeness (QED) is 0.838. The summed E-state index contributed by atoms with van der Waals surface area (Å²) in [4.78, 5) is 12.5. The molecule has 0 aliphatic heterocycles. The van der Waals surface area contributed by atoms with Gasteiger partial charge in [0.05, 0.1) is 16.6 Å². The summed E-state index contributed by atoms with van der Waals surface area (Å²) in [6, 6.07) is 5.96. The molecule has 7 heteroatoms. The molecular weight excluding hydrogens is 336 g/mol. The molecule has 2 fully saturated rings. The maximum absolute atomic E-state index is 12.3. The van der Waals surface area contributed by atoms with Crippen molar-refractivity contribution in [2.24, 2.45) is 23.5 Å². The van der Waals surface area contributed by atoms with Gasteiger partial charge in [0.15, 0.2) is 9.84 Å². The number of sulfone groups is 1. The molecule has 2 bridgehead atoms. The predicted molar refractivity (Wildman–Crippen MR) is 88.8 cm³/mol. The fraction of sp³-hybridized carbons (Fsp3) is 0.562. The molecule has 4 unspecified atom stereocenters. The first-order valence-electron chi connectivity index (χ1n) is 7.90. The minimum atomic E-state index is -3.42. The Hall–Kier alpha value is -1.11. The van der Waals surface area contributed by atoms with Crippen molar-refractivity contribution in [3.63, 3.8) is 0 Å². The smallest absolute Gasteiger partial charge is 0.224 e. The maximum Gasteiger partial charge on any atom is 0.224 e. The Morgan fingerprint density at radius 3 is 2.48 bits per heavy atom. The Labute approximate surface area is 141 Å². The van der Waals surface area contributed by atoms with Gasteiger partial charge in [0, 0.05) is 17.6 Å². The van der Waals surface area contributed by atoms with Gasteiger partial charge in [-0.1, -0.05) is 11.6 Å². The van der Waals surface area contributed by atoms with Crippen LogP contribution in [0.1, 0.15) is 19.3 Å². The van der Waals surface area contributed by atoms with Crippen LogP contribution in [-0.2, 0) is 14.6 Å². The van der Waals surface area contributed by atoms with Crippen molar-refractivity contribution in [3.05, 3.63) is 29.3 Å². The Morgan fingerprint density at radius 1 is 1.22 bits per heavy atom. The molecule has 1 amide bonds. The Bertz CT molecular complexity index is 688. The molecule has 0 heterocycles. The summed E-state index contributed by atoms with van der Waals surface area (Å²) in [5.74, 6) is 0.426. The van der Waals surface area contributed by atoms with E-state index in [0.29, 0.717) is 16.9 Å². The third kappa shape index (κ3) is 3.39. The minimum Gasteiger partial charge on any atom is -0.355 e. The van der Waals surface area contributed by atoms with E-state index in [-0.39, 0.29) is 35.1 Å². The van der Waals surface area contributed by atoms with Crippen LogP contribution in [0.4, 0.5) is 0 Å². The van der Waals surface area contributed by atoms with Gasteiger partial charge in [0.25, 0.3) is 0 Å². The summed E-state index contributed by atoms with van der Waals surface area (Å²) >= 11 is 5.76. The van der Waals surface area contributed by atoms with Crippen molar-refractivity contribution in [3.8, 4) is 0 Å². The summed E-state index contributed by atoms with van der Waals surface area (Å²) < 4.78 is 24.4. The van der Waals surface area contributed by atoms with Gasteiger partial charge in [-0.15, -0.1) is 0 Å². The fourth-order valence-corrected chi connectivity index (χ4v) is 5.19. The van der Waals surface area contributed by atoms with Crippen molar-refractivity contribution in [2.75, 3.05) is 12.3 Å². The van der Waals surface area contributed by atoms with Crippen molar-refractivity contribution in [2.45, 2.75) is 30.2 Å². The molecule has 0 aromatic heterocycles. The highest BCUT2D eigenvalue weighted by Crippen LogP contribution is 2.47. The number of fused-ring (bicyclic) bond motifs is 2. The average Bonchev–Trinajstić information content (AvgIpc) is 3.08. The first kappa shape index (κ1) is 16.7. The molecule has 3 N–H and O–H groups in total. The molecule has 0 spiro atoms. The van der Waals surface area contributed by atoms with Gasteiger partial charge >= 0.3 is 0 Å².